The lowest BCUT2D eigenvalue weighted by Gasteiger charge is -2.23. The summed E-state index contributed by atoms with van der Waals surface area (Å²) in [6.07, 6.45) is 0.547. The first-order chi connectivity index (χ1) is 9.60. The van der Waals surface area contributed by atoms with Crippen LogP contribution in [0.2, 0.25) is 0 Å². The number of carbonyl (C=O) groups is 2. The first-order valence-corrected chi connectivity index (χ1v) is 7.21. The number of hydrogen-bond acceptors (Lipinski definition) is 5. The van der Waals surface area contributed by atoms with Gasteiger partial charge in [-0.2, -0.15) is 0 Å². The highest BCUT2D eigenvalue weighted by Gasteiger charge is 2.28. The first kappa shape index (κ1) is 14.8. The number of esters is 1. The molecule has 0 unspecified atom stereocenters. The van der Waals surface area contributed by atoms with Crippen LogP contribution in [0, 0.1) is 0 Å². The summed E-state index contributed by atoms with van der Waals surface area (Å²) < 4.78 is 16.4. The molecule has 0 bridgehead atoms. The predicted molar refractivity (Wildman–Crippen MR) is 75.5 cm³/mol. The summed E-state index contributed by atoms with van der Waals surface area (Å²) >= 11 is 3.32. The van der Waals surface area contributed by atoms with Crippen LogP contribution < -0.4 is 9.47 Å². The molecule has 0 aromatic heterocycles. The Morgan fingerprint density at radius 1 is 1.30 bits per heavy atom. The lowest BCUT2D eigenvalue weighted by molar-refractivity contribution is -0.137. The van der Waals surface area contributed by atoms with Gasteiger partial charge >= 0.3 is 5.97 Å². The zero-order valence-electron chi connectivity index (χ0n) is 11.3. The molecule has 0 fully saturated rings. The average molecular weight is 343 g/mol. The number of fused-ring (bicyclic) bond motifs is 1. The highest BCUT2D eigenvalue weighted by Crippen LogP contribution is 2.40. The molecule has 0 atom stereocenters. The molecule has 6 heteroatoms. The third-order valence-electron chi connectivity index (χ3n) is 2.93. The van der Waals surface area contributed by atoms with Crippen molar-refractivity contribution in [1.82, 2.24) is 0 Å². The summed E-state index contributed by atoms with van der Waals surface area (Å²) in [5, 5.41) is 0. The molecule has 0 saturated heterocycles. The number of rotatable bonds is 4. The second kappa shape index (κ2) is 6.26. The van der Waals surface area contributed by atoms with Gasteiger partial charge in [-0.15, -0.1) is 0 Å². The predicted octanol–water partition coefficient (Wildman–Crippen LogP) is 2.53. The van der Waals surface area contributed by atoms with Gasteiger partial charge in [-0.05, 0) is 35.3 Å². The second-order valence-electron chi connectivity index (χ2n) is 4.14. The molecule has 1 aliphatic rings. The van der Waals surface area contributed by atoms with Crippen molar-refractivity contribution in [1.29, 1.82) is 0 Å². The van der Waals surface area contributed by atoms with Gasteiger partial charge in [0.15, 0.2) is 11.5 Å². The molecule has 0 radical (unpaired) electrons. The number of ketones is 1. The lowest BCUT2D eigenvalue weighted by Crippen LogP contribution is -2.22. The number of ether oxygens (including phenoxy) is 3. The van der Waals surface area contributed by atoms with Crippen LogP contribution in [0.25, 0.3) is 0 Å². The zero-order valence-corrected chi connectivity index (χ0v) is 12.9. The molecule has 0 saturated carbocycles. The van der Waals surface area contributed by atoms with Crippen molar-refractivity contribution in [2.45, 2.75) is 20.3 Å². The first-order valence-electron chi connectivity index (χ1n) is 6.42. The molecule has 0 spiro atoms. The molecule has 20 heavy (non-hydrogen) atoms. The van der Waals surface area contributed by atoms with Gasteiger partial charge in [0.05, 0.1) is 12.2 Å². The molecule has 5 nitrogen and oxygen atoms in total. The Morgan fingerprint density at radius 3 is 2.65 bits per heavy atom. The average Bonchev–Trinajstić information content (AvgIpc) is 2.45. The van der Waals surface area contributed by atoms with Crippen LogP contribution in [0.4, 0.5) is 0 Å². The molecule has 1 aromatic carbocycles. The molecular weight excluding hydrogens is 328 g/mol. The summed E-state index contributed by atoms with van der Waals surface area (Å²) in [4.78, 5) is 23.9. The van der Waals surface area contributed by atoms with E-state index in [1.807, 2.05) is 6.92 Å². The van der Waals surface area contributed by atoms with E-state index in [1.54, 1.807) is 13.0 Å². The van der Waals surface area contributed by atoms with Gasteiger partial charge in [0.1, 0.15) is 13.2 Å². The standard InChI is InChI=1S/C14H15BrO5/c1-3-8-11(12(16)14(17)18-4-2)9(15)7-10-13(8)20-6-5-19-10/h7H,3-6H2,1-2H3. The topological polar surface area (TPSA) is 61.8 Å². The molecule has 2 rings (SSSR count). The lowest BCUT2D eigenvalue weighted by atomic mass is 9.99. The minimum Gasteiger partial charge on any atom is -0.486 e. The van der Waals surface area contributed by atoms with Gasteiger partial charge in [0.2, 0.25) is 0 Å². The Bertz CT molecular complexity index is 553. The number of halogens is 1. The Kier molecular flexibility index (Phi) is 4.65. The molecule has 0 amide bonds. The van der Waals surface area contributed by atoms with E-state index >= 15 is 0 Å². The smallest absolute Gasteiger partial charge is 0.379 e. The van der Waals surface area contributed by atoms with E-state index in [2.05, 4.69) is 15.9 Å². The van der Waals surface area contributed by atoms with E-state index in [0.29, 0.717) is 41.2 Å². The van der Waals surface area contributed by atoms with Crippen molar-refractivity contribution in [2.75, 3.05) is 19.8 Å². The Morgan fingerprint density at radius 2 is 2.00 bits per heavy atom. The molecule has 0 aliphatic carbocycles. The Hall–Kier alpha value is -1.56. The fraction of sp³-hybridized carbons (Fsp3) is 0.429. The van der Waals surface area contributed by atoms with Crippen molar-refractivity contribution in [3.63, 3.8) is 0 Å². The largest absolute Gasteiger partial charge is 0.486 e. The number of Topliss-reactive ketones (excluding diaryl/α,β-unsaturated/α-hetero) is 1. The van der Waals surface area contributed by atoms with Crippen molar-refractivity contribution in [3.05, 3.63) is 21.7 Å². The van der Waals surface area contributed by atoms with Gasteiger partial charge in [0, 0.05) is 10.0 Å². The van der Waals surface area contributed by atoms with E-state index in [1.165, 1.54) is 0 Å². The molecule has 1 heterocycles. The van der Waals surface area contributed by atoms with Crippen LogP contribution >= 0.6 is 15.9 Å². The minimum absolute atomic E-state index is 0.161. The quantitative estimate of drug-likeness (QED) is 0.478. The van der Waals surface area contributed by atoms with E-state index < -0.39 is 11.8 Å². The van der Waals surface area contributed by atoms with Crippen LogP contribution in [-0.4, -0.2) is 31.6 Å². The highest BCUT2D eigenvalue weighted by molar-refractivity contribution is 9.10. The number of hydrogen-bond donors (Lipinski definition) is 0. The van der Waals surface area contributed by atoms with Crippen LogP contribution in [0.5, 0.6) is 11.5 Å². The molecular formula is C14H15BrO5. The second-order valence-corrected chi connectivity index (χ2v) is 4.99. The summed E-state index contributed by atoms with van der Waals surface area (Å²) in [6.45, 7) is 4.60. The molecule has 1 aliphatic heterocycles. The van der Waals surface area contributed by atoms with Gasteiger partial charge in [-0.1, -0.05) is 6.92 Å². The van der Waals surface area contributed by atoms with Crippen LogP contribution in [0.15, 0.2) is 10.5 Å². The highest BCUT2D eigenvalue weighted by atomic mass is 79.9. The summed E-state index contributed by atoms with van der Waals surface area (Å²) in [6, 6.07) is 1.65. The minimum atomic E-state index is -0.862. The van der Waals surface area contributed by atoms with Crippen LogP contribution in [0.1, 0.15) is 29.8 Å². The van der Waals surface area contributed by atoms with Crippen LogP contribution in [-0.2, 0) is 16.0 Å². The Balaban J connectivity index is 2.52. The van der Waals surface area contributed by atoms with Gasteiger partial charge in [0.25, 0.3) is 5.78 Å². The van der Waals surface area contributed by atoms with Crippen LogP contribution in [0.3, 0.4) is 0 Å². The summed E-state index contributed by atoms with van der Waals surface area (Å²) in [5.41, 5.74) is 0.947. The number of carbonyl (C=O) groups excluding carboxylic acids is 2. The van der Waals surface area contributed by atoms with Crippen molar-refractivity contribution < 1.29 is 23.8 Å². The zero-order chi connectivity index (χ0) is 14.7. The normalized spacial score (nSPS) is 12.9. The Labute approximate surface area is 125 Å². The summed E-state index contributed by atoms with van der Waals surface area (Å²) in [7, 11) is 0. The van der Waals surface area contributed by atoms with E-state index in [4.69, 9.17) is 14.2 Å². The van der Waals surface area contributed by atoms with Gasteiger partial charge in [-0.3, -0.25) is 4.79 Å². The molecule has 108 valence electrons. The molecule has 0 N–H and O–H groups in total. The monoisotopic (exact) mass is 342 g/mol. The van der Waals surface area contributed by atoms with Gasteiger partial charge in [-0.25, -0.2) is 4.79 Å². The van der Waals surface area contributed by atoms with E-state index in [0.717, 1.165) is 0 Å². The molecule has 1 aromatic rings. The summed E-state index contributed by atoms with van der Waals surface area (Å²) in [5.74, 6) is -0.415. The fourth-order valence-corrected chi connectivity index (χ4v) is 2.73. The fourth-order valence-electron chi connectivity index (χ4n) is 2.10. The van der Waals surface area contributed by atoms with Gasteiger partial charge < -0.3 is 14.2 Å². The van der Waals surface area contributed by atoms with E-state index in [9.17, 15) is 9.59 Å². The maximum atomic E-state index is 12.2. The number of benzene rings is 1. The SMILES string of the molecule is CCOC(=O)C(=O)c1c(Br)cc2c(c1CC)OCCO2. The van der Waals surface area contributed by atoms with Crippen molar-refractivity contribution >= 4 is 27.7 Å². The third-order valence-corrected chi connectivity index (χ3v) is 3.55. The third kappa shape index (κ3) is 2.65. The van der Waals surface area contributed by atoms with Crippen molar-refractivity contribution in [2.24, 2.45) is 0 Å². The van der Waals surface area contributed by atoms with E-state index in [-0.39, 0.29) is 12.2 Å². The maximum absolute atomic E-state index is 12.2. The maximum Gasteiger partial charge on any atom is 0.379 e. The van der Waals surface area contributed by atoms with Crippen molar-refractivity contribution in [3.8, 4) is 11.5 Å².